The maximum absolute atomic E-state index is 13.1. The van der Waals surface area contributed by atoms with Crippen LogP contribution in [0, 0.1) is 25.2 Å². The fourth-order valence-corrected chi connectivity index (χ4v) is 6.88. The van der Waals surface area contributed by atoms with E-state index in [2.05, 4.69) is 10.6 Å². The van der Waals surface area contributed by atoms with Gasteiger partial charge in [0.1, 0.15) is 28.6 Å². The molecule has 53 heavy (non-hydrogen) atoms. The molecule has 2 aliphatic carbocycles. The number of nitrogens with one attached hydrogen (secondary N) is 2. The molecule has 0 aromatic heterocycles. The Labute approximate surface area is 308 Å². The monoisotopic (exact) mass is 717 g/mol. The van der Waals surface area contributed by atoms with Gasteiger partial charge in [0.15, 0.2) is 6.61 Å². The molecule has 11 nitrogen and oxygen atoms in total. The number of aryl methyl sites for hydroxylation is 2. The van der Waals surface area contributed by atoms with E-state index < -0.39 is 34.8 Å². The minimum atomic E-state index is -1.16. The van der Waals surface area contributed by atoms with Crippen LogP contribution in [0.25, 0.3) is 0 Å². The lowest BCUT2D eigenvalue weighted by Crippen LogP contribution is -2.56. The number of nitriles is 1. The van der Waals surface area contributed by atoms with E-state index in [1.165, 1.54) is 0 Å². The Balaban J connectivity index is 0.000000206. The van der Waals surface area contributed by atoms with Crippen molar-refractivity contribution in [2.75, 3.05) is 19.8 Å². The predicted octanol–water partition coefficient (Wildman–Crippen LogP) is 5.26. The Morgan fingerprint density at radius 3 is 1.51 bits per heavy atom. The number of hydrogen-bond acceptors (Lipinski definition) is 9. The summed E-state index contributed by atoms with van der Waals surface area (Å²) in [6, 6.07) is 27.5. The molecule has 3 N–H and O–H groups in total. The van der Waals surface area contributed by atoms with Crippen molar-refractivity contribution in [2.45, 2.75) is 64.5 Å². The number of carbonyl (C=O) groups excluding carboxylic acids is 4. The maximum atomic E-state index is 13.1. The van der Waals surface area contributed by atoms with Crippen LogP contribution in [0.15, 0.2) is 84.9 Å². The van der Waals surface area contributed by atoms with Crippen molar-refractivity contribution in [3.05, 3.63) is 129 Å². The van der Waals surface area contributed by atoms with Gasteiger partial charge in [-0.3, -0.25) is 9.59 Å². The summed E-state index contributed by atoms with van der Waals surface area (Å²) in [6.07, 6.45) is 1.49. The van der Waals surface area contributed by atoms with E-state index in [0.717, 1.165) is 27.8 Å². The van der Waals surface area contributed by atoms with Crippen molar-refractivity contribution in [3.63, 3.8) is 0 Å². The van der Waals surface area contributed by atoms with E-state index >= 15 is 0 Å². The normalized spacial score (nSPS) is 14.2. The van der Waals surface area contributed by atoms with Crippen molar-refractivity contribution in [1.29, 1.82) is 5.26 Å². The van der Waals surface area contributed by atoms with E-state index in [9.17, 15) is 24.3 Å². The quantitative estimate of drug-likeness (QED) is 0.186. The van der Waals surface area contributed by atoms with Crippen LogP contribution in [0.2, 0.25) is 0 Å². The Bertz CT molecular complexity index is 2020. The number of benzene rings is 4. The summed E-state index contributed by atoms with van der Waals surface area (Å²) in [5, 5.41) is 24.7. The number of phenolic OH excluding ortho intramolecular Hbond substituents is 1. The van der Waals surface area contributed by atoms with E-state index in [1.807, 2.05) is 54.6 Å². The van der Waals surface area contributed by atoms with Gasteiger partial charge in [-0.25, -0.2) is 9.59 Å². The van der Waals surface area contributed by atoms with Crippen molar-refractivity contribution in [3.8, 4) is 17.6 Å². The standard InChI is InChI=1S/C22H22N2O4.C20H21NO4/c1-3-27-21(26)22(13-16-8-4-5-9-17(16)14-22)24-20(25)18-10-6-7-15(2)19(18)28-12-11-23;1-3-25-19(24)20(11-14-8-4-5-9-15(14)12-20)21-18(23)16-10-6-7-13(2)17(16)22/h4-10H,3,12-14H2,1-2H3,(H,24,25);4-10,22H,3,11-12H2,1-2H3,(H,21,23). The van der Waals surface area contributed by atoms with E-state index in [4.69, 9.17) is 19.5 Å². The molecule has 4 aromatic rings. The van der Waals surface area contributed by atoms with Crippen LogP contribution in [0.1, 0.15) is 67.9 Å². The fourth-order valence-electron chi connectivity index (χ4n) is 6.88. The Hall–Kier alpha value is -6.15. The Morgan fingerprint density at radius 2 is 1.08 bits per heavy atom. The Morgan fingerprint density at radius 1 is 0.660 bits per heavy atom. The smallest absolute Gasteiger partial charge is 0.332 e. The second-order valence-corrected chi connectivity index (χ2v) is 13.1. The Kier molecular flexibility index (Phi) is 11.8. The SMILES string of the molecule is CCOC(=O)C1(NC(=O)c2cccc(C)c2O)Cc2ccccc2C1.CCOC(=O)C1(NC(=O)c2cccc(C)c2OCC#N)Cc2ccccc2C1. The van der Waals surface area contributed by atoms with Crippen LogP contribution in [0.3, 0.4) is 0 Å². The first-order valence-corrected chi connectivity index (χ1v) is 17.5. The molecule has 2 aliphatic rings. The molecule has 274 valence electrons. The third kappa shape index (κ3) is 8.17. The highest BCUT2D eigenvalue weighted by atomic mass is 16.5. The van der Waals surface area contributed by atoms with Gasteiger partial charge in [0.2, 0.25) is 0 Å². The first kappa shape index (κ1) is 38.1. The van der Waals surface area contributed by atoms with Crippen LogP contribution < -0.4 is 15.4 Å². The number of fused-ring (bicyclic) bond motifs is 2. The lowest BCUT2D eigenvalue weighted by Gasteiger charge is -2.28. The largest absolute Gasteiger partial charge is 0.507 e. The summed E-state index contributed by atoms with van der Waals surface area (Å²) in [4.78, 5) is 51.4. The molecule has 0 unspecified atom stereocenters. The number of rotatable bonds is 10. The fraction of sp³-hybridized carbons (Fsp3) is 0.310. The number of hydrogen-bond donors (Lipinski definition) is 3. The van der Waals surface area contributed by atoms with E-state index in [-0.39, 0.29) is 36.7 Å². The summed E-state index contributed by atoms with van der Waals surface area (Å²) >= 11 is 0. The van der Waals surface area contributed by atoms with E-state index in [0.29, 0.717) is 37.0 Å². The highest BCUT2D eigenvalue weighted by molar-refractivity contribution is 6.02. The molecule has 6 rings (SSSR count). The summed E-state index contributed by atoms with van der Waals surface area (Å²) in [6.45, 7) is 7.30. The molecule has 0 atom stereocenters. The zero-order valence-corrected chi connectivity index (χ0v) is 30.3. The number of para-hydroxylation sites is 2. The predicted molar refractivity (Wildman–Crippen MR) is 196 cm³/mol. The van der Waals surface area contributed by atoms with Crippen LogP contribution in [-0.2, 0) is 44.7 Å². The average molecular weight is 718 g/mol. The van der Waals surface area contributed by atoms with Crippen LogP contribution in [0.5, 0.6) is 11.5 Å². The van der Waals surface area contributed by atoms with Gasteiger partial charge in [-0.05, 0) is 73.2 Å². The third-order valence-corrected chi connectivity index (χ3v) is 9.46. The first-order valence-electron chi connectivity index (χ1n) is 17.5. The van der Waals surface area contributed by atoms with Crippen molar-refractivity contribution >= 4 is 23.8 Å². The lowest BCUT2D eigenvalue weighted by atomic mass is 9.94. The van der Waals surface area contributed by atoms with Gasteiger partial charge in [0, 0.05) is 25.7 Å². The molecule has 0 bridgehead atoms. The molecule has 0 radical (unpaired) electrons. The summed E-state index contributed by atoms with van der Waals surface area (Å²) in [7, 11) is 0. The highest BCUT2D eigenvalue weighted by Gasteiger charge is 2.48. The van der Waals surface area contributed by atoms with Crippen LogP contribution in [0.4, 0.5) is 0 Å². The summed E-state index contributed by atoms with van der Waals surface area (Å²) in [5.41, 5.74) is 3.54. The molecule has 0 spiro atoms. The van der Waals surface area contributed by atoms with Gasteiger partial charge in [-0.1, -0.05) is 72.8 Å². The summed E-state index contributed by atoms with van der Waals surface area (Å²) < 4.78 is 16.0. The number of ether oxygens (including phenoxy) is 3. The molecular weight excluding hydrogens is 674 g/mol. The number of carbonyl (C=O) groups is 4. The molecule has 2 amide bonds. The molecule has 4 aromatic carbocycles. The van der Waals surface area contributed by atoms with Crippen LogP contribution >= 0.6 is 0 Å². The number of amides is 2. The molecule has 0 heterocycles. The molecule has 0 aliphatic heterocycles. The van der Waals surface area contributed by atoms with Gasteiger partial charge in [-0.15, -0.1) is 0 Å². The zero-order valence-electron chi connectivity index (χ0n) is 30.3. The second kappa shape index (κ2) is 16.5. The van der Waals surface area contributed by atoms with Gasteiger partial charge in [-0.2, -0.15) is 5.26 Å². The molecule has 0 saturated carbocycles. The number of phenols is 1. The third-order valence-electron chi connectivity index (χ3n) is 9.46. The van der Waals surface area contributed by atoms with Gasteiger partial charge in [0.05, 0.1) is 24.3 Å². The number of nitrogens with zero attached hydrogens (tertiary/aromatic N) is 1. The minimum absolute atomic E-state index is 0.0745. The van der Waals surface area contributed by atoms with Gasteiger partial charge < -0.3 is 30.0 Å². The zero-order chi connectivity index (χ0) is 38.2. The van der Waals surface area contributed by atoms with Crippen molar-refractivity contribution in [1.82, 2.24) is 10.6 Å². The molecule has 11 heteroatoms. The van der Waals surface area contributed by atoms with E-state index in [1.54, 1.807) is 64.1 Å². The van der Waals surface area contributed by atoms with Gasteiger partial charge in [0.25, 0.3) is 11.8 Å². The number of aromatic hydroxyl groups is 1. The van der Waals surface area contributed by atoms with Crippen LogP contribution in [-0.4, -0.2) is 59.8 Å². The maximum Gasteiger partial charge on any atom is 0.332 e. The topological polar surface area (TPSA) is 164 Å². The number of esters is 2. The first-order chi connectivity index (χ1) is 25.5. The second-order valence-electron chi connectivity index (χ2n) is 13.1. The minimum Gasteiger partial charge on any atom is -0.507 e. The lowest BCUT2D eigenvalue weighted by molar-refractivity contribution is -0.151. The molecular formula is C42H43N3O8. The van der Waals surface area contributed by atoms with Gasteiger partial charge >= 0.3 is 11.9 Å². The molecule has 0 saturated heterocycles. The van der Waals surface area contributed by atoms with Crippen molar-refractivity contribution in [2.24, 2.45) is 0 Å². The summed E-state index contributed by atoms with van der Waals surface area (Å²) in [5.74, 6) is -1.55. The van der Waals surface area contributed by atoms with Crippen molar-refractivity contribution < 1.29 is 38.5 Å². The molecule has 0 fully saturated rings. The highest BCUT2D eigenvalue weighted by Crippen LogP contribution is 2.34. The average Bonchev–Trinajstić information content (AvgIpc) is 3.72.